The fourth-order valence-electron chi connectivity index (χ4n) is 2.30. The molecule has 0 atom stereocenters. The van der Waals surface area contributed by atoms with E-state index in [0.29, 0.717) is 11.3 Å². The van der Waals surface area contributed by atoms with Gasteiger partial charge in [0.1, 0.15) is 0 Å². The zero-order valence-electron chi connectivity index (χ0n) is 16.4. The minimum atomic E-state index is -0.702. The van der Waals surface area contributed by atoms with Crippen molar-refractivity contribution in [2.75, 3.05) is 5.32 Å². The first kappa shape index (κ1) is 22.7. The van der Waals surface area contributed by atoms with Crippen molar-refractivity contribution in [1.29, 1.82) is 0 Å². The third-order valence-corrected chi connectivity index (χ3v) is 3.66. The van der Waals surface area contributed by atoms with E-state index in [1.165, 1.54) is 24.3 Å². The molecule has 1 amide bonds. The number of benzene rings is 2. The summed E-state index contributed by atoms with van der Waals surface area (Å²) in [6.07, 6.45) is 2.66. The maximum Gasteiger partial charge on any atom is 0.308 e. The molecule has 0 saturated heterocycles. The van der Waals surface area contributed by atoms with Crippen LogP contribution < -0.4 is 19.5 Å². The SMILES string of the molecule is CC(=O)Oc1cc(/C=C/C(=O)Nc2ccc(S)cc2)cc(OC(C)=O)c1OC(C)=O. The van der Waals surface area contributed by atoms with E-state index in [2.05, 4.69) is 17.9 Å². The third-order valence-electron chi connectivity index (χ3n) is 3.36. The number of hydrogen-bond acceptors (Lipinski definition) is 8. The monoisotopic (exact) mass is 429 g/mol. The fourth-order valence-corrected chi connectivity index (χ4v) is 2.45. The van der Waals surface area contributed by atoms with Crippen molar-refractivity contribution < 1.29 is 33.4 Å². The summed E-state index contributed by atoms with van der Waals surface area (Å²) in [5, 5.41) is 2.67. The Morgan fingerprint density at radius 1 is 0.833 bits per heavy atom. The Labute approximate surface area is 178 Å². The van der Waals surface area contributed by atoms with Gasteiger partial charge in [0.15, 0.2) is 11.5 Å². The van der Waals surface area contributed by atoms with Crippen LogP contribution >= 0.6 is 12.6 Å². The van der Waals surface area contributed by atoms with Crippen molar-refractivity contribution in [3.63, 3.8) is 0 Å². The van der Waals surface area contributed by atoms with Gasteiger partial charge >= 0.3 is 17.9 Å². The molecular weight excluding hydrogens is 410 g/mol. The quantitative estimate of drug-likeness (QED) is 0.314. The number of anilines is 1. The third kappa shape index (κ3) is 7.10. The first-order valence-corrected chi connectivity index (χ1v) is 9.10. The average molecular weight is 429 g/mol. The van der Waals surface area contributed by atoms with Crippen molar-refractivity contribution in [3.8, 4) is 17.2 Å². The Bertz CT molecular complexity index is 976. The molecule has 8 nitrogen and oxygen atoms in total. The normalized spacial score (nSPS) is 10.4. The fraction of sp³-hybridized carbons (Fsp3) is 0.143. The summed E-state index contributed by atoms with van der Waals surface area (Å²) in [6, 6.07) is 9.58. The smallest absolute Gasteiger partial charge is 0.308 e. The van der Waals surface area contributed by atoms with Crippen LogP contribution in [-0.2, 0) is 19.2 Å². The number of carbonyl (C=O) groups excluding carboxylic acids is 4. The van der Waals surface area contributed by atoms with Crippen molar-refractivity contribution in [2.45, 2.75) is 25.7 Å². The predicted octanol–water partition coefficient (Wildman–Crippen LogP) is 3.40. The summed E-state index contributed by atoms with van der Waals surface area (Å²) in [5.41, 5.74) is 0.938. The van der Waals surface area contributed by atoms with Gasteiger partial charge in [-0.1, -0.05) is 0 Å². The van der Waals surface area contributed by atoms with Crippen LogP contribution in [0.2, 0.25) is 0 Å². The van der Waals surface area contributed by atoms with Crippen LogP contribution in [0.1, 0.15) is 26.3 Å². The number of amides is 1. The second-order valence-electron chi connectivity index (χ2n) is 6.00. The van der Waals surface area contributed by atoms with E-state index in [1.807, 2.05) is 0 Å². The van der Waals surface area contributed by atoms with Crippen LogP contribution in [0.15, 0.2) is 47.4 Å². The molecule has 2 aromatic carbocycles. The van der Waals surface area contributed by atoms with Crippen LogP contribution in [0.25, 0.3) is 6.08 Å². The molecule has 9 heteroatoms. The van der Waals surface area contributed by atoms with Gasteiger partial charge in [-0.05, 0) is 48.0 Å². The lowest BCUT2D eigenvalue weighted by Gasteiger charge is -2.14. The van der Waals surface area contributed by atoms with Crippen molar-refractivity contribution in [2.24, 2.45) is 0 Å². The van der Waals surface area contributed by atoms with Crippen LogP contribution in [-0.4, -0.2) is 23.8 Å². The average Bonchev–Trinajstić information content (AvgIpc) is 2.63. The standard InChI is InChI=1S/C21H19NO7S/c1-12(23)27-18-10-15(11-19(28-13(2)24)21(18)29-14(3)25)4-9-20(26)22-16-5-7-17(30)8-6-16/h4-11,30H,1-3H3,(H,22,26)/b9-4+. The number of thiol groups is 1. The summed E-state index contributed by atoms with van der Waals surface area (Å²) in [5.74, 6) is -2.98. The molecule has 0 fully saturated rings. The first-order chi connectivity index (χ1) is 14.1. The summed E-state index contributed by atoms with van der Waals surface area (Å²) in [7, 11) is 0. The van der Waals surface area contributed by atoms with Gasteiger partial charge in [0.2, 0.25) is 11.7 Å². The van der Waals surface area contributed by atoms with E-state index in [-0.39, 0.29) is 17.2 Å². The molecule has 30 heavy (non-hydrogen) atoms. The molecule has 0 spiro atoms. The van der Waals surface area contributed by atoms with Crippen LogP contribution in [0, 0.1) is 0 Å². The molecule has 0 bridgehead atoms. The highest BCUT2D eigenvalue weighted by Gasteiger charge is 2.19. The number of nitrogens with one attached hydrogen (secondary N) is 1. The van der Waals surface area contributed by atoms with Gasteiger partial charge < -0.3 is 19.5 Å². The topological polar surface area (TPSA) is 108 Å². The minimum absolute atomic E-state index is 0.138. The highest BCUT2D eigenvalue weighted by atomic mass is 32.1. The molecule has 1 N–H and O–H groups in total. The Morgan fingerprint density at radius 2 is 1.33 bits per heavy atom. The second-order valence-corrected chi connectivity index (χ2v) is 6.51. The number of hydrogen-bond donors (Lipinski definition) is 2. The molecule has 156 valence electrons. The number of carbonyl (C=O) groups is 4. The molecule has 0 heterocycles. The predicted molar refractivity (Wildman–Crippen MR) is 112 cm³/mol. The summed E-state index contributed by atoms with van der Waals surface area (Å²) in [6.45, 7) is 3.47. The lowest BCUT2D eigenvalue weighted by molar-refractivity contribution is -0.135. The number of ether oxygens (including phenoxy) is 3. The molecule has 0 unspecified atom stereocenters. The van der Waals surface area contributed by atoms with Gasteiger partial charge in [-0.25, -0.2) is 0 Å². The molecule has 0 saturated carbocycles. The number of rotatable bonds is 6. The van der Waals surface area contributed by atoms with Gasteiger partial charge in [0.05, 0.1) is 0 Å². The summed E-state index contributed by atoms with van der Waals surface area (Å²) >= 11 is 4.18. The van der Waals surface area contributed by atoms with E-state index >= 15 is 0 Å². The highest BCUT2D eigenvalue weighted by Crippen LogP contribution is 2.39. The molecule has 2 aromatic rings. The maximum atomic E-state index is 12.2. The zero-order chi connectivity index (χ0) is 22.3. The van der Waals surface area contributed by atoms with Crippen molar-refractivity contribution in [3.05, 3.63) is 48.0 Å². The number of esters is 3. The minimum Gasteiger partial charge on any atom is -0.423 e. The molecule has 0 aromatic heterocycles. The van der Waals surface area contributed by atoms with Gasteiger partial charge in [-0.3, -0.25) is 19.2 Å². The van der Waals surface area contributed by atoms with Gasteiger partial charge in [0, 0.05) is 37.4 Å². The molecule has 0 aliphatic carbocycles. The maximum absolute atomic E-state index is 12.2. The largest absolute Gasteiger partial charge is 0.423 e. The van der Waals surface area contributed by atoms with E-state index < -0.39 is 23.8 Å². The summed E-state index contributed by atoms with van der Waals surface area (Å²) in [4.78, 5) is 47.2. The van der Waals surface area contributed by atoms with Gasteiger partial charge in [-0.15, -0.1) is 12.6 Å². The Kier molecular flexibility index (Phi) is 7.76. The molecule has 0 radical (unpaired) electrons. The highest BCUT2D eigenvalue weighted by molar-refractivity contribution is 7.80. The Morgan fingerprint density at radius 3 is 1.80 bits per heavy atom. The van der Waals surface area contributed by atoms with Crippen LogP contribution in [0.3, 0.4) is 0 Å². The molecule has 0 aliphatic rings. The summed E-state index contributed by atoms with van der Waals surface area (Å²) < 4.78 is 15.2. The second kappa shape index (κ2) is 10.3. The zero-order valence-corrected chi connectivity index (χ0v) is 17.3. The lowest BCUT2D eigenvalue weighted by Crippen LogP contribution is -2.11. The van der Waals surface area contributed by atoms with E-state index in [1.54, 1.807) is 24.3 Å². The van der Waals surface area contributed by atoms with E-state index in [9.17, 15) is 19.2 Å². The van der Waals surface area contributed by atoms with Crippen molar-refractivity contribution >= 4 is 48.2 Å². The Balaban J connectivity index is 2.35. The molecule has 0 aliphatic heterocycles. The molecular formula is C21H19NO7S. The van der Waals surface area contributed by atoms with E-state index in [0.717, 1.165) is 25.7 Å². The van der Waals surface area contributed by atoms with Gasteiger partial charge in [0.25, 0.3) is 0 Å². The first-order valence-electron chi connectivity index (χ1n) is 8.65. The van der Waals surface area contributed by atoms with Crippen LogP contribution in [0.4, 0.5) is 5.69 Å². The van der Waals surface area contributed by atoms with Crippen molar-refractivity contribution in [1.82, 2.24) is 0 Å². The van der Waals surface area contributed by atoms with Gasteiger partial charge in [-0.2, -0.15) is 0 Å². The van der Waals surface area contributed by atoms with E-state index in [4.69, 9.17) is 14.2 Å². The van der Waals surface area contributed by atoms with Crippen LogP contribution in [0.5, 0.6) is 17.2 Å². The lowest BCUT2D eigenvalue weighted by atomic mass is 10.1. The Hall–Kier alpha value is -3.59. The molecule has 2 rings (SSSR count).